The maximum absolute atomic E-state index is 10.7. The Morgan fingerprint density at radius 3 is 2.03 bits per heavy atom. The average Bonchev–Trinajstić information content (AvgIpc) is 2.85. The topological polar surface area (TPSA) is 45.1 Å². The number of allylic oxidation sites excluding steroid dienone is 3. The highest BCUT2D eigenvalue weighted by Crippen LogP contribution is 2.20. The monoisotopic (exact) mass is 440 g/mol. The molecular formula is C29H32N2O2. The summed E-state index contributed by atoms with van der Waals surface area (Å²) in [5.41, 5.74) is 4.20. The van der Waals surface area contributed by atoms with E-state index in [1.165, 1.54) is 11.1 Å². The SMILES string of the molecule is C=N/C(=C\C=C/C)c1ccc(OCC(O)CN(Cc2ccccc2)Cc2ccccc2)cc1. The fourth-order valence-corrected chi connectivity index (χ4v) is 3.56. The number of benzene rings is 3. The zero-order valence-electron chi connectivity index (χ0n) is 19.2. The van der Waals surface area contributed by atoms with Crippen LogP contribution >= 0.6 is 0 Å². The van der Waals surface area contributed by atoms with E-state index in [4.69, 9.17) is 4.74 Å². The Balaban J connectivity index is 1.59. The predicted molar refractivity (Wildman–Crippen MR) is 137 cm³/mol. The highest BCUT2D eigenvalue weighted by Gasteiger charge is 2.14. The molecule has 33 heavy (non-hydrogen) atoms. The van der Waals surface area contributed by atoms with Crippen LogP contribution in [0.5, 0.6) is 5.75 Å². The van der Waals surface area contributed by atoms with Crippen LogP contribution in [0.15, 0.2) is 108 Å². The van der Waals surface area contributed by atoms with Gasteiger partial charge in [0, 0.05) is 25.2 Å². The van der Waals surface area contributed by atoms with Gasteiger partial charge in [-0.2, -0.15) is 0 Å². The molecule has 1 N–H and O–H groups in total. The number of hydrogen-bond acceptors (Lipinski definition) is 4. The maximum Gasteiger partial charge on any atom is 0.119 e. The van der Waals surface area contributed by atoms with Crippen molar-refractivity contribution in [3.05, 3.63) is 120 Å². The van der Waals surface area contributed by atoms with Gasteiger partial charge in [-0.1, -0.05) is 72.8 Å². The van der Waals surface area contributed by atoms with E-state index in [0.29, 0.717) is 12.3 Å². The second-order valence-electron chi connectivity index (χ2n) is 7.87. The Morgan fingerprint density at radius 1 is 0.939 bits per heavy atom. The molecule has 0 radical (unpaired) electrons. The number of rotatable bonds is 12. The van der Waals surface area contributed by atoms with Gasteiger partial charge in [0.1, 0.15) is 18.5 Å². The average molecular weight is 441 g/mol. The van der Waals surface area contributed by atoms with Gasteiger partial charge in [0.15, 0.2) is 0 Å². The van der Waals surface area contributed by atoms with E-state index in [1.807, 2.05) is 85.8 Å². The molecule has 0 saturated carbocycles. The molecule has 0 fully saturated rings. The van der Waals surface area contributed by atoms with E-state index >= 15 is 0 Å². The van der Waals surface area contributed by atoms with Gasteiger partial charge in [-0.05, 0) is 55.1 Å². The molecule has 4 heteroatoms. The molecule has 0 aliphatic heterocycles. The van der Waals surface area contributed by atoms with Gasteiger partial charge in [0.2, 0.25) is 0 Å². The molecule has 170 valence electrons. The van der Waals surface area contributed by atoms with Crippen molar-refractivity contribution in [2.24, 2.45) is 4.99 Å². The molecule has 0 aliphatic rings. The summed E-state index contributed by atoms with van der Waals surface area (Å²) in [5, 5.41) is 10.7. The third-order valence-corrected chi connectivity index (χ3v) is 5.18. The number of aliphatic hydroxyl groups excluding tert-OH is 1. The van der Waals surface area contributed by atoms with Crippen molar-refractivity contribution < 1.29 is 9.84 Å². The van der Waals surface area contributed by atoms with Crippen LogP contribution in [0.2, 0.25) is 0 Å². The summed E-state index contributed by atoms with van der Waals surface area (Å²) < 4.78 is 5.86. The number of aliphatic imine (C=N–C) groups is 1. The van der Waals surface area contributed by atoms with Gasteiger partial charge >= 0.3 is 0 Å². The van der Waals surface area contributed by atoms with E-state index in [0.717, 1.165) is 24.4 Å². The molecular weight excluding hydrogens is 408 g/mol. The minimum Gasteiger partial charge on any atom is -0.491 e. The Hall–Kier alpha value is -3.47. The summed E-state index contributed by atoms with van der Waals surface area (Å²) in [5.74, 6) is 0.713. The van der Waals surface area contributed by atoms with Crippen LogP contribution in [0.4, 0.5) is 0 Å². The summed E-state index contributed by atoms with van der Waals surface area (Å²) in [6.07, 6.45) is 5.18. The lowest BCUT2D eigenvalue weighted by Crippen LogP contribution is -2.35. The van der Waals surface area contributed by atoms with Gasteiger partial charge in [-0.3, -0.25) is 9.89 Å². The Morgan fingerprint density at radius 2 is 1.52 bits per heavy atom. The molecule has 0 heterocycles. The lowest BCUT2D eigenvalue weighted by molar-refractivity contribution is 0.0628. The third-order valence-electron chi connectivity index (χ3n) is 5.18. The smallest absolute Gasteiger partial charge is 0.119 e. The van der Waals surface area contributed by atoms with Crippen LogP contribution in [0.1, 0.15) is 23.6 Å². The first-order chi connectivity index (χ1) is 16.2. The van der Waals surface area contributed by atoms with Crippen molar-refractivity contribution >= 4 is 12.4 Å². The molecule has 3 rings (SSSR count). The molecule has 0 saturated heterocycles. The van der Waals surface area contributed by atoms with Crippen LogP contribution in [0.25, 0.3) is 5.70 Å². The maximum atomic E-state index is 10.7. The van der Waals surface area contributed by atoms with Crippen molar-refractivity contribution in [3.63, 3.8) is 0 Å². The first kappa shape index (κ1) is 24.2. The summed E-state index contributed by atoms with van der Waals surface area (Å²) in [6.45, 7) is 7.85. The molecule has 0 bridgehead atoms. The Labute approximate surface area is 197 Å². The summed E-state index contributed by atoms with van der Waals surface area (Å²) in [4.78, 5) is 6.32. The molecule has 0 aliphatic carbocycles. The van der Waals surface area contributed by atoms with E-state index in [1.54, 1.807) is 0 Å². The summed E-state index contributed by atoms with van der Waals surface area (Å²) >= 11 is 0. The van der Waals surface area contributed by atoms with E-state index in [9.17, 15) is 5.11 Å². The Bertz CT molecular complexity index is 987. The first-order valence-electron chi connectivity index (χ1n) is 11.2. The standard InChI is InChI=1S/C29H32N2O2/c1-3-4-15-29(30-2)26-16-18-28(19-17-26)33-23-27(32)22-31(20-24-11-7-5-8-12-24)21-25-13-9-6-10-14-25/h3-19,27,32H,2,20-23H2,1H3/b4-3-,29-15-. The van der Waals surface area contributed by atoms with Gasteiger partial charge in [0.05, 0.1) is 5.70 Å². The van der Waals surface area contributed by atoms with Gasteiger partial charge < -0.3 is 9.84 Å². The predicted octanol–water partition coefficient (Wildman–Crippen LogP) is 5.75. The molecule has 1 unspecified atom stereocenters. The van der Waals surface area contributed by atoms with Crippen LogP contribution < -0.4 is 4.74 Å². The second-order valence-corrected chi connectivity index (χ2v) is 7.87. The van der Waals surface area contributed by atoms with Crippen molar-refractivity contribution in [1.29, 1.82) is 0 Å². The number of aliphatic hydroxyl groups is 1. The molecule has 0 spiro atoms. The van der Waals surface area contributed by atoms with Crippen molar-refractivity contribution in [1.82, 2.24) is 4.90 Å². The third kappa shape index (κ3) is 8.19. The second kappa shape index (κ2) is 13.2. The van der Waals surface area contributed by atoms with Gasteiger partial charge in [-0.25, -0.2) is 0 Å². The van der Waals surface area contributed by atoms with Crippen LogP contribution in [0.3, 0.4) is 0 Å². The van der Waals surface area contributed by atoms with E-state index < -0.39 is 6.10 Å². The fraction of sp³-hybridized carbons (Fsp3) is 0.207. The fourth-order valence-electron chi connectivity index (χ4n) is 3.56. The lowest BCUT2D eigenvalue weighted by atomic mass is 10.1. The summed E-state index contributed by atoms with van der Waals surface area (Å²) in [7, 11) is 0. The molecule has 4 nitrogen and oxygen atoms in total. The van der Waals surface area contributed by atoms with E-state index in [-0.39, 0.29) is 6.61 Å². The quantitative estimate of drug-likeness (QED) is 0.288. The van der Waals surface area contributed by atoms with Crippen molar-refractivity contribution in [2.75, 3.05) is 13.2 Å². The molecule has 0 aromatic heterocycles. The number of ether oxygens (including phenoxy) is 1. The van der Waals surface area contributed by atoms with Gasteiger partial charge in [-0.15, -0.1) is 0 Å². The first-order valence-corrected chi connectivity index (χ1v) is 11.2. The summed E-state index contributed by atoms with van der Waals surface area (Å²) in [6, 6.07) is 28.3. The zero-order chi connectivity index (χ0) is 23.3. The number of nitrogens with zero attached hydrogens (tertiary/aromatic N) is 2. The van der Waals surface area contributed by atoms with Crippen LogP contribution in [0, 0.1) is 0 Å². The number of hydrogen-bond donors (Lipinski definition) is 1. The molecule has 3 aromatic rings. The van der Waals surface area contributed by atoms with Crippen molar-refractivity contribution in [3.8, 4) is 5.75 Å². The molecule has 0 amide bonds. The highest BCUT2D eigenvalue weighted by molar-refractivity contribution is 5.69. The molecule has 1 atom stereocenters. The van der Waals surface area contributed by atoms with Crippen molar-refractivity contribution in [2.45, 2.75) is 26.1 Å². The largest absolute Gasteiger partial charge is 0.491 e. The zero-order valence-corrected chi connectivity index (χ0v) is 19.2. The Kier molecular flexibility index (Phi) is 9.64. The minimum absolute atomic E-state index is 0.223. The highest BCUT2D eigenvalue weighted by atomic mass is 16.5. The molecule has 3 aromatic carbocycles. The van der Waals surface area contributed by atoms with Crippen LogP contribution in [-0.4, -0.2) is 36.0 Å². The van der Waals surface area contributed by atoms with Gasteiger partial charge in [0.25, 0.3) is 0 Å². The normalized spacial score (nSPS) is 12.8. The van der Waals surface area contributed by atoms with E-state index in [2.05, 4.69) is 40.9 Å². The minimum atomic E-state index is -0.614. The lowest BCUT2D eigenvalue weighted by Gasteiger charge is -2.25. The van der Waals surface area contributed by atoms with Crippen LogP contribution in [-0.2, 0) is 13.1 Å².